The quantitative estimate of drug-likeness (QED) is 0.266. The van der Waals surface area contributed by atoms with Gasteiger partial charge in [0.05, 0.1) is 33.5 Å². The number of amides is 4. The number of para-hydroxylation sites is 1. The first-order chi connectivity index (χ1) is 16.1. The van der Waals surface area contributed by atoms with Crippen LogP contribution in [0, 0.1) is 0 Å². The van der Waals surface area contributed by atoms with Gasteiger partial charge in [0.1, 0.15) is 0 Å². The van der Waals surface area contributed by atoms with Crippen molar-refractivity contribution in [1.29, 1.82) is 0 Å². The number of aromatic amines is 1. The van der Waals surface area contributed by atoms with Crippen LogP contribution in [0.4, 0.5) is 16.3 Å². The molecule has 12 heteroatoms. The van der Waals surface area contributed by atoms with Crippen molar-refractivity contribution in [2.45, 2.75) is 25.9 Å². The van der Waals surface area contributed by atoms with Crippen molar-refractivity contribution in [2.75, 3.05) is 10.6 Å². The number of hydroxylamine groups is 1. The van der Waals surface area contributed by atoms with Crippen LogP contribution in [0.1, 0.15) is 45.8 Å². The molecule has 10 nitrogen and oxygen atoms in total. The summed E-state index contributed by atoms with van der Waals surface area (Å²) in [5.74, 6) is -0.987. The Balaban J connectivity index is 1.55. The van der Waals surface area contributed by atoms with Gasteiger partial charge in [0.15, 0.2) is 5.82 Å². The van der Waals surface area contributed by atoms with Crippen molar-refractivity contribution in [3.05, 3.63) is 74.9 Å². The van der Waals surface area contributed by atoms with Crippen LogP contribution < -0.4 is 16.1 Å². The summed E-state index contributed by atoms with van der Waals surface area (Å²) in [4.78, 5) is 39.1. The Morgan fingerprint density at radius 1 is 1.03 bits per heavy atom. The van der Waals surface area contributed by atoms with E-state index in [0.29, 0.717) is 27.0 Å². The zero-order chi connectivity index (χ0) is 24.6. The lowest BCUT2D eigenvalue weighted by atomic mass is 10.0. The molecule has 34 heavy (non-hydrogen) atoms. The van der Waals surface area contributed by atoms with E-state index in [1.165, 1.54) is 29.7 Å². The summed E-state index contributed by atoms with van der Waals surface area (Å²) in [6.45, 7) is 3.84. The SMILES string of the molecule is CC1(C)c2[nH]nc(NC(=O)c3cccc(C(=O)NO)c3)c2CN1C(=O)Nc1c(Cl)cccc1Cl. The van der Waals surface area contributed by atoms with Gasteiger partial charge in [-0.2, -0.15) is 5.10 Å². The molecule has 0 bridgehead atoms. The zero-order valence-electron chi connectivity index (χ0n) is 18.1. The standard InChI is InChI=1S/C22H20Cl2N6O4/c1-22(2)17-13(10-30(22)21(33)25-16-14(23)7-4-8-15(16)24)18(28-27-17)26-19(31)11-5-3-6-12(9-11)20(32)29-34/h3-9,34H,10H2,1-2H3,(H,25,33)(H,29,32)(H2,26,27,28,31). The van der Waals surface area contributed by atoms with Gasteiger partial charge >= 0.3 is 6.03 Å². The van der Waals surface area contributed by atoms with Gasteiger partial charge in [0.25, 0.3) is 11.8 Å². The van der Waals surface area contributed by atoms with Gasteiger partial charge in [0, 0.05) is 16.7 Å². The third-order valence-corrected chi connectivity index (χ3v) is 6.26. The summed E-state index contributed by atoms with van der Waals surface area (Å²) in [7, 11) is 0. The molecule has 1 aliphatic rings. The first-order valence-electron chi connectivity index (χ1n) is 10.1. The first-order valence-corrected chi connectivity index (χ1v) is 10.8. The summed E-state index contributed by atoms with van der Waals surface area (Å²) in [6.07, 6.45) is 0. The second-order valence-electron chi connectivity index (χ2n) is 8.07. The van der Waals surface area contributed by atoms with Gasteiger partial charge in [-0.3, -0.25) is 19.9 Å². The monoisotopic (exact) mass is 502 g/mol. The van der Waals surface area contributed by atoms with Gasteiger partial charge < -0.3 is 15.5 Å². The summed E-state index contributed by atoms with van der Waals surface area (Å²) >= 11 is 12.4. The molecule has 0 atom stereocenters. The second-order valence-corrected chi connectivity index (χ2v) is 8.89. The number of hydrogen-bond donors (Lipinski definition) is 5. The van der Waals surface area contributed by atoms with E-state index >= 15 is 0 Å². The van der Waals surface area contributed by atoms with Crippen molar-refractivity contribution in [3.8, 4) is 0 Å². The first kappa shape index (κ1) is 23.6. The van der Waals surface area contributed by atoms with Crippen molar-refractivity contribution >= 4 is 52.6 Å². The Hall–Kier alpha value is -3.60. The highest BCUT2D eigenvalue weighted by Crippen LogP contribution is 2.41. The van der Waals surface area contributed by atoms with E-state index in [1.54, 1.807) is 23.1 Å². The number of anilines is 2. The number of aromatic nitrogens is 2. The molecule has 0 fully saturated rings. The number of halogens is 2. The van der Waals surface area contributed by atoms with Crippen LogP contribution in [-0.2, 0) is 12.1 Å². The Labute approximate surface area is 204 Å². The zero-order valence-corrected chi connectivity index (χ0v) is 19.6. The molecule has 2 heterocycles. The van der Waals surface area contributed by atoms with Gasteiger partial charge in [-0.25, -0.2) is 10.3 Å². The number of hydrogen-bond acceptors (Lipinski definition) is 5. The van der Waals surface area contributed by atoms with E-state index in [-0.39, 0.29) is 23.5 Å². The number of carbonyl (C=O) groups excluding carboxylic acids is 3. The van der Waals surface area contributed by atoms with E-state index in [2.05, 4.69) is 20.8 Å². The van der Waals surface area contributed by atoms with E-state index in [9.17, 15) is 14.4 Å². The molecule has 0 aliphatic carbocycles. The van der Waals surface area contributed by atoms with Gasteiger partial charge in [-0.05, 0) is 44.2 Å². The molecule has 1 aromatic heterocycles. The minimum Gasteiger partial charge on any atom is -0.309 e. The molecule has 4 rings (SSSR count). The number of nitrogens with one attached hydrogen (secondary N) is 4. The van der Waals surface area contributed by atoms with E-state index in [1.807, 2.05) is 13.8 Å². The van der Waals surface area contributed by atoms with Crippen LogP contribution in [0.3, 0.4) is 0 Å². The topological polar surface area (TPSA) is 139 Å². The molecular formula is C22H20Cl2N6O4. The van der Waals surface area contributed by atoms with Gasteiger partial charge in [-0.1, -0.05) is 35.3 Å². The molecule has 1 aliphatic heterocycles. The molecule has 2 aromatic carbocycles. The number of H-pyrrole nitrogens is 1. The molecule has 176 valence electrons. The third-order valence-electron chi connectivity index (χ3n) is 5.63. The maximum absolute atomic E-state index is 13.1. The predicted octanol–water partition coefficient (Wildman–Crippen LogP) is 4.37. The Morgan fingerprint density at radius 2 is 1.65 bits per heavy atom. The van der Waals surface area contributed by atoms with E-state index in [0.717, 1.165) is 0 Å². The molecular weight excluding hydrogens is 483 g/mol. The Bertz CT molecular complexity index is 1290. The number of nitrogens with zero attached hydrogens (tertiary/aromatic N) is 2. The highest BCUT2D eigenvalue weighted by atomic mass is 35.5. The van der Waals surface area contributed by atoms with Crippen LogP contribution in [-0.4, -0.2) is 38.2 Å². The molecule has 0 unspecified atom stereocenters. The molecule has 4 amide bonds. The molecule has 3 aromatic rings. The molecule has 0 saturated heterocycles. The summed E-state index contributed by atoms with van der Waals surface area (Å²) in [5, 5.41) is 22.0. The highest BCUT2D eigenvalue weighted by Gasteiger charge is 2.44. The predicted molar refractivity (Wildman–Crippen MR) is 126 cm³/mol. The Kier molecular flexibility index (Phi) is 6.22. The second kappa shape index (κ2) is 8.98. The van der Waals surface area contributed by atoms with Crippen molar-refractivity contribution in [1.82, 2.24) is 20.6 Å². The van der Waals surface area contributed by atoms with Gasteiger partial charge in [0.2, 0.25) is 0 Å². The molecule has 5 N–H and O–H groups in total. The fourth-order valence-electron chi connectivity index (χ4n) is 3.78. The van der Waals surface area contributed by atoms with Crippen LogP contribution in [0.5, 0.6) is 0 Å². The van der Waals surface area contributed by atoms with E-state index in [4.69, 9.17) is 28.4 Å². The minimum atomic E-state index is -0.776. The molecule has 0 spiro atoms. The van der Waals surface area contributed by atoms with Crippen molar-refractivity contribution in [3.63, 3.8) is 0 Å². The third kappa shape index (κ3) is 4.18. The summed E-state index contributed by atoms with van der Waals surface area (Å²) in [6, 6.07) is 10.3. The largest absolute Gasteiger partial charge is 0.323 e. The fraction of sp³-hybridized carbons (Fsp3) is 0.182. The lowest BCUT2D eigenvalue weighted by molar-refractivity contribution is 0.0706. The number of carbonyl (C=O) groups is 3. The smallest absolute Gasteiger partial charge is 0.309 e. The molecule has 0 saturated carbocycles. The van der Waals surface area contributed by atoms with E-state index < -0.39 is 23.4 Å². The number of urea groups is 1. The average Bonchev–Trinajstić information content (AvgIpc) is 3.33. The lowest BCUT2D eigenvalue weighted by Crippen LogP contribution is -2.43. The number of benzene rings is 2. The van der Waals surface area contributed by atoms with Crippen LogP contribution in [0.2, 0.25) is 10.0 Å². The maximum atomic E-state index is 13.1. The average molecular weight is 503 g/mol. The summed E-state index contributed by atoms with van der Waals surface area (Å²) < 4.78 is 0. The van der Waals surface area contributed by atoms with Crippen molar-refractivity contribution in [2.24, 2.45) is 0 Å². The maximum Gasteiger partial charge on any atom is 0.323 e. The van der Waals surface area contributed by atoms with Crippen molar-refractivity contribution < 1.29 is 19.6 Å². The number of rotatable bonds is 4. The normalized spacial score (nSPS) is 13.9. The number of fused-ring (bicyclic) bond motifs is 1. The lowest BCUT2D eigenvalue weighted by Gasteiger charge is -2.32. The van der Waals surface area contributed by atoms with Crippen LogP contribution in [0.15, 0.2) is 42.5 Å². The van der Waals surface area contributed by atoms with Gasteiger partial charge in [-0.15, -0.1) is 0 Å². The summed E-state index contributed by atoms with van der Waals surface area (Å²) in [5.41, 5.74) is 2.67. The molecule has 0 radical (unpaired) electrons. The highest BCUT2D eigenvalue weighted by molar-refractivity contribution is 6.39. The fourth-order valence-corrected chi connectivity index (χ4v) is 4.27. The van der Waals surface area contributed by atoms with Crippen LogP contribution in [0.25, 0.3) is 0 Å². The Morgan fingerprint density at radius 3 is 2.29 bits per heavy atom. The van der Waals surface area contributed by atoms with Crippen LogP contribution >= 0.6 is 23.2 Å². The minimum absolute atomic E-state index is 0.115.